The van der Waals surface area contributed by atoms with Gasteiger partial charge in [0, 0.05) is 5.69 Å². The van der Waals surface area contributed by atoms with Crippen LogP contribution < -0.4 is 20.1 Å². The highest BCUT2D eigenvalue weighted by molar-refractivity contribution is 5.90. The molecule has 2 rings (SSSR count). The molecule has 1 heterocycles. The SMILES string of the molecule is COc1cccc(OC)c1CNC(=N)Nc1cccc(C)n1. The van der Waals surface area contributed by atoms with Gasteiger partial charge in [-0.15, -0.1) is 0 Å². The van der Waals surface area contributed by atoms with Crippen molar-refractivity contribution in [1.29, 1.82) is 5.41 Å². The first-order valence-electron chi connectivity index (χ1n) is 6.87. The predicted molar refractivity (Wildman–Crippen MR) is 86.7 cm³/mol. The third-order valence-electron chi connectivity index (χ3n) is 3.11. The molecule has 0 atom stereocenters. The quantitative estimate of drug-likeness (QED) is 0.584. The summed E-state index contributed by atoms with van der Waals surface area (Å²) in [4.78, 5) is 4.29. The fraction of sp³-hybridized carbons (Fsp3) is 0.250. The van der Waals surface area contributed by atoms with Crippen molar-refractivity contribution in [3.05, 3.63) is 47.7 Å². The first-order chi connectivity index (χ1) is 10.6. The fourth-order valence-corrected chi connectivity index (χ4v) is 2.06. The summed E-state index contributed by atoms with van der Waals surface area (Å²) >= 11 is 0. The van der Waals surface area contributed by atoms with E-state index in [0.717, 1.165) is 11.3 Å². The highest BCUT2D eigenvalue weighted by Crippen LogP contribution is 2.27. The van der Waals surface area contributed by atoms with E-state index in [0.29, 0.717) is 23.9 Å². The molecule has 0 saturated heterocycles. The van der Waals surface area contributed by atoms with Crippen LogP contribution in [0.5, 0.6) is 11.5 Å². The van der Waals surface area contributed by atoms with Crippen LogP contribution in [0.25, 0.3) is 0 Å². The Labute approximate surface area is 130 Å². The largest absolute Gasteiger partial charge is 0.496 e. The molecule has 3 N–H and O–H groups in total. The van der Waals surface area contributed by atoms with Crippen molar-refractivity contribution in [3.63, 3.8) is 0 Å². The summed E-state index contributed by atoms with van der Waals surface area (Å²) in [5, 5.41) is 13.9. The van der Waals surface area contributed by atoms with Gasteiger partial charge in [-0.05, 0) is 31.2 Å². The number of guanidine groups is 1. The molecule has 6 nitrogen and oxygen atoms in total. The molecule has 0 amide bonds. The first-order valence-corrected chi connectivity index (χ1v) is 6.87. The highest BCUT2D eigenvalue weighted by Gasteiger charge is 2.10. The molecule has 0 bridgehead atoms. The fourth-order valence-electron chi connectivity index (χ4n) is 2.06. The molecule has 0 fully saturated rings. The summed E-state index contributed by atoms with van der Waals surface area (Å²) < 4.78 is 10.7. The molecule has 1 aromatic carbocycles. The van der Waals surface area contributed by atoms with Gasteiger partial charge in [-0.1, -0.05) is 12.1 Å². The van der Waals surface area contributed by atoms with E-state index in [4.69, 9.17) is 14.9 Å². The Bertz CT molecular complexity index is 636. The van der Waals surface area contributed by atoms with Crippen LogP contribution in [0.3, 0.4) is 0 Å². The predicted octanol–water partition coefficient (Wildman–Crippen LogP) is 2.54. The molecular formula is C16H20N4O2. The number of pyridine rings is 1. The van der Waals surface area contributed by atoms with E-state index in [1.807, 2.05) is 43.3 Å². The van der Waals surface area contributed by atoms with Gasteiger partial charge in [-0.2, -0.15) is 0 Å². The minimum Gasteiger partial charge on any atom is -0.496 e. The maximum absolute atomic E-state index is 7.96. The van der Waals surface area contributed by atoms with E-state index in [1.54, 1.807) is 14.2 Å². The molecule has 0 saturated carbocycles. The van der Waals surface area contributed by atoms with Gasteiger partial charge < -0.3 is 20.1 Å². The van der Waals surface area contributed by atoms with E-state index in [1.165, 1.54) is 0 Å². The number of hydrogen-bond acceptors (Lipinski definition) is 4. The first kappa shape index (κ1) is 15.6. The summed E-state index contributed by atoms with van der Waals surface area (Å²) in [6.07, 6.45) is 0. The second-order valence-electron chi connectivity index (χ2n) is 4.66. The standard InChI is InChI=1S/C16H20N4O2/c1-11-6-4-9-15(19-11)20-16(17)18-10-12-13(21-2)7-5-8-14(12)22-3/h4-9H,10H2,1-3H3,(H3,17,18,19,20). The maximum atomic E-state index is 7.96. The van der Waals surface area contributed by atoms with Crippen LogP contribution >= 0.6 is 0 Å². The number of nitrogens with one attached hydrogen (secondary N) is 3. The van der Waals surface area contributed by atoms with Crippen LogP contribution in [0, 0.1) is 12.3 Å². The Hall–Kier alpha value is -2.76. The monoisotopic (exact) mass is 300 g/mol. The second kappa shape index (κ2) is 7.31. The number of ether oxygens (including phenoxy) is 2. The van der Waals surface area contributed by atoms with Gasteiger partial charge in [-0.3, -0.25) is 5.41 Å². The average Bonchev–Trinajstić information content (AvgIpc) is 2.52. The van der Waals surface area contributed by atoms with Gasteiger partial charge in [-0.25, -0.2) is 4.98 Å². The number of benzene rings is 1. The van der Waals surface area contributed by atoms with Crippen LogP contribution in [-0.4, -0.2) is 25.2 Å². The number of anilines is 1. The lowest BCUT2D eigenvalue weighted by molar-refractivity contribution is 0.384. The van der Waals surface area contributed by atoms with Crippen molar-refractivity contribution < 1.29 is 9.47 Å². The second-order valence-corrected chi connectivity index (χ2v) is 4.66. The summed E-state index contributed by atoms with van der Waals surface area (Å²) in [5.74, 6) is 2.22. The number of aromatic nitrogens is 1. The van der Waals surface area contributed by atoms with E-state index in [9.17, 15) is 0 Å². The summed E-state index contributed by atoms with van der Waals surface area (Å²) in [6, 6.07) is 11.2. The molecule has 1 aromatic heterocycles. The van der Waals surface area contributed by atoms with Gasteiger partial charge in [0.15, 0.2) is 5.96 Å². The lowest BCUT2D eigenvalue weighted by Crippen LogP contribution is -2.29. The van der Waals surface area contributed by atoms with Crippen LogP contribution in [0.1, 0.15) is 11.3 Å². The normalized spacial score (nSPS) is 9.95. The van der Waals surface area contributed by atoms with Crippen LogP contribution in [0.15, 0.2) is 36.4 Å². The zero-order valence-electron chi connectivity index (χ0n) is 12.9. The molecule has 0 aliphatic heterocycles. The Morgan fingerprint density at radius 1 is 1.09 bits per heavy atom. The van der Waals surface area contributed by atoms with Crippen molar-refractivity contribution >= 4 is 11.8 Å². The van der Waals surface area contributed by atoms with Crippen molar-refractivity contribution in [2.45, 2.75) is 13.5 Å². The number of hydrogen-bond donors (Lipinski definition) is 3. The topological polar surface area (TPSA) is 79.3 Å². The van der Waals surface area contributed by atoms with Crippen molar-refractivity contribution in [1.82, 2.24) is 10.3 Å². The number of rotatable bonds is 5. The third kappa shape index (κ3) is 3.88. The van der Waals surface area contributed by atoms with Gasteiger partial charge in [0.2, 0.25) is 0 Å². The molecule has 22 heavy (non-hydrogen) atoms. The van der Waals surface area contributed by atoms with Gasteiger partial charge in [0.25, 0.3) is 0 Å². The van der Waals surface area contributed by atoms with Crippen LogP contribution in [0.2, 0.25) is 0 Å². The molecule has 6 heteroatoms. The molecule has 0 radical (unpaired) electrons. The smallest absolute Gasteiger partial charge is 0.194 e. The van der Waals surface area contributed by atoms with Crippen molar-refractivity contribution in [2.24, 2.45) is 0 Å². The number of nitrogens with zero attached hydrogens (tertiary/aromatic N) is 1. The molecule has 116 valence electrons. The third-order valence-corrected chi connectivity index (χ3v) is 3.11. The lowest BCUT2D eigenvalue weighted by Gasteiger charge is -2.15. The van der Waals surface area contributed by atoms with Crippen LogP contribution in [-0.2, 0) is 6.54 Å². The van der Waals surface area contributed by atoms with Gasteiger partial charge >= 0.3 is 0 Å². The zero-order chi connectivity index (χ0) is 15.9. The lowest BCUT2D eigenvalue weighted by atomic mass is 10.1. The average molecular weight is 300 g/mol. The Morgan fingerprint density at radius 3 is 2.32 bits per heavy atom. The highest BCUT2D eigenvalue weighted by atomic mass is 16.5. The van der Waals surface area contributed by atoms with Gasteiger partial charge in [0.05, 0.1) is 26.3 Å². The van der Waals surface area contributed by atoms with Gasteiger partial charge in [0.1, 0.15) is 17.3 Å². The molecule has 0 spiro atoms. The minimum atomic E-state index is 0.158. The minimum absolute atomic E-state index is 0.158. The molecule has 0 aliphatic carbocycles. The van der Waals surface area contributed by atoms with E-state index >= 15 is 0 Å². The molecular weight excluding hydrogens is 280 g/mol. The molecule has 0 aliphatic rings. The van der Waals surface area contributed by atoms with E-state index < -0.39 is 0 Å². The maximum Gasteiger partial charge on any atom is 0.194 e. The van der Waals surface area contributed by atoms with E-state index in [2.05, 4.69) is 15.6 Å². The van der Waals surface area contributed by atoms with Crippen LogP contribution in [0.4, 0.5) is 5.82 Å². The van der Waals surface area contributed by atoms with E-state index in [-0.39, 0.29) is 5.96 Å². The summed E-state index contributed by atoms with van der Waals surface area (Å²) in [6.45, 7) is 2.31. The molecule has 2 aromatic rings. The Morgan fingerprint density at radius 2 is 1.73 bits per heavy atom. The summed E-state index contributed by atoms with van der Waals surface area (Å²) in [5.41, 5.74) is 1.75. The van der Waals surface area contributed by atoms with Crippen molar-refractivity contribution in [3.8, 4) is 11.5 Å². The zero-order valence-corrected chi connectivity index (χ0v) is 12.9. The summed E-state index contributed by atoms with van der Waals surface area (Å²) in [7, 11) is 3.22. The Balaban J connectivity index is 2.02. The Kier molecular flexibility index (Phi) is 5.19. The number of aryl methyl sites for hydroxylation is 1. The molecule has 0 unspecified atom stereocenters. The number of methoxy groups -OCH3 is 2. The van der Waals surface area contributed by atoms with Crippen molar-refractivity contribution in [2.75, 3.05) is 19.5 Å².